The molecule has 18 rings (SSSR count). The molecule has 17 heteroatoms. The fourth-order valence-corrected chi connectivity index (χ4v) is 11.2. The number of nitrogens with one attached hydrogen (secondary N) is 4. The van der Waals surface area contributed by atoms with Crippen molar-refractivity contribution >= 4 is 88.3 Å². The third kappa shape index (κ3) is 7.56. The van der Waals surface area contributed by atoms with Gasteiger partial charge in [-0.15, -0.1) is 0 Å². The largest absolute Gasteiger partial charge is 0.324 e. The second-order valence-electron chi connectivity index (χ2n) is 19.6. The molecule has 14 aromatic rings. The molecule has 0 aliphatic carbocycles. The zero-order valence-electron chi connectivity index (χ0n) is 42.1. The van der Waals surface area contributed by atoms with Gasteiger partial charge in [-0.25, -0.2) is 59.8 Å². The minimum Gasteiger partial charge on any atom is -0.324 e. The monoisotopic (exact) mass is 1190 g/mol. The Kier molecular flexibility index (Phi) is 10.6. The summed E-state index contributed by atoms with van der Waals surface area (Å²) in [5, 5.41) is 7.64. The van der Waals surface area contributed by atoms with E-state index < -0.39 is 0 Å². The van der Waals surface area contributed by atoms with Crippen molar-refractivity contribution in [3.05, 3.63) is 194 Å². The molecular weight excluding hydrogens is 1160 g/mol. The number of H-pyrrole nitrogens is 4. The van der Waals surface area contributed by atoms with E-state index >= 15 is 0 Å². The van der Waals surface area contributed by atoms with E-state index in [0.29, 0.717) is 91.8 Å². The first-order chi connectivity index (χ1) is 39.6. The number of hydrogen-bond acceptors (Lipinski definition) is 12. The Morgan fingerprint density at radius 2 is 0.284 bits per heavy atom. The third-order valence-corrected chi connectivity index (χ3v) is 14.9. The van der Waals surface area contributed by atoms with Crippen LogP contribution in [0.2, 0.25) is 0 Å². The summed E-state index contributed by atoms with van der Waals surface area (Å²) in [5.74, 6) is 4.78. The van der Waals surface area contributed by atoms with Crippen LogP contribution in [0.4, 0.5) is 0 Å². The van der Waals surface area contributed by atoms with Crippen LogP contribution in [-0.4, -0.2) is 79.7 Å². The van der Waals surface area contributed by atoms with Crippen molar-refractivity contribution < 1.29 is 37.7 Å². The van der Waals surface area contributed by atoms with Crippen molar-refractivity contribution in [3.63, 3.8) is 0 Å². The Morgan fingerprint density at radius 3 is 0.420 bits per heavy atom. The van der Waals surface area contributed by atoms with E-state index in [1.54, 1.807) is 0 Å². The second kappa shape index (κ2) is 18.4. The molecule has 4 N–H and O–H groups in total. The molecule has 16 nitrogen and oxygen atoms in total. The molecule has 4 aliphatic rings. The summed E-state index contributed by atoms with van der Waals surface area (Å²) in [6, 6.07) is 64.5. The molecule has 8 aromatic carbocycles. The van der Waals surface area contributed by atoms with Gasteiger partial charge in [0.1, 0.15) is 45.2 Å². The summed E-state index contributed by atoms with van der Waals surface area (Å²) >= 11 is 0. The third-order valence-electron chi connectivity index (χ3n) is 14.9. The maximum atomic E-state index is 5.02. The predicted octanol–water partition coefficient (Wildman–Crippen LogP) is 13.7. The number of nitrogens with zero attached hydrogens (tertiary/aromatic N) is 12. The Labute approximate surface area is 487 Å². The molecule has 0 fully saturated rings. The van der Waals surface area contributed by atoms with Crippen molar-refractivity contribution in [2.45, 2.75) is 0 Å². The number of hydrogen-bond donors (Lipinski definition) is 4. The summed E-state index contributed by atoms with van der Waals surface area (Å²) in [6.45, 7) is 0. The molecule has 4 aliphatic heterocycles. The van der Waals surface area contributed by atoms with E-state index in [4.69, 9.17) is 59.8 Å². The number of rotatable bonds is 0. The van der Waals surface area contributed by atoms with E-state index in [1.165, 1.54) is 0 Å². The summed E-state index contributed by atoms with van der Waals surface area (Å²) in [6.07, 6.45) is 0. The SMILES string of the molecule is [Ho].c1ccc2c(c1)-c1nc-2nc2[nH]c(nc3nc(nc4[nH]c(n1)c1ccccc41)-c1ccccc1-3)c1ccccc21.c1ccc2c(c1)-c1nc-2nc2[nH]c(nc3nc(nc4[nH]c(n1)c1ccccc41)-c1ccccc1-3)c1ccccc21. The molecule has 0 saturated heterocycles. The van der Waals surface area contributed by atoms with E-state index in [-0.39, 0.29) is 37.7 Å². The van der Waals surface area contributed by atoms with Gasteiger partial charge >= 0.3 is 0 Å². The average Bonchev–Trinajstić information content (AvgIpc) is 4.53. The Balaban J connectivity index is 0.000000132. The van der Waals surface area contributed by atoms with Gasteiger partial charge in [-0.3, -0.25) is 0 Å². The molecule has 16 bridgehead atoms. The van der Waals surface area contributed by atoms with Crippen LogP contribution in [0.15, 0.2) is 194 Å². The normalized spacial score (nSPS) is 11.9. The first-order valence-electron chi connectivity index (χ1n) is 26.0. The van der Waals surface area contributed by atoms with E-state index in [2.05, 4.69) is 19.9 Å². The Morgan fingerprint density at radius 1 is 0.160 bits per heavy atom. The van der Waals surface area contributed by atoms with Crippen LogP contribution in [-0.2, 0) is 0 Å². The van der Waals surface area contributed by atoms with Crippen LogP contribution in [0.25, 0.3) is 179 Å². The molecule has 0 spiro atoms. The molecule has 6 aromatic heterocycles. The number of aromatic amines is 4. The standard InChI is InChI=1S/2C32H18N8.Ho/c2*1-2-10-18-17(9-1)25-33-26(18)38-28-21-13-5-6-14-22(21)30(35-28)40-32-24-16-8-7-15-23(24)31(36-32)39-29-20-12-4-3-11-19(20)27(34-29)37-25;/h2*1-16H,(H2,33,34,35,36,37,38,39,40);. The van der Waals surface area contributed by atoms with Crippen LogP contribution >= 0.6 is 0 Å². The Bertz CT molecular complexity index is 4390. The van der Waals surface area contributed by atoms with Crippen molar-refractivity contribution in [3.8, 4) is 91.1 Å². The predicted molar refractivity (Wildman–Crippen MR) is 312 cm³/mol. The minimum absolute atomic E-state index is 0. The van der Waals surface area contributed by atoms with Gasteiger partial charge in [-0.1, -0.05) is 194 Å². The number of fused-ring (bicyclic) bond motifs is 40. The van der Waals surface area contributed by atoms with Crippen molar-refractivity contribution in [1.82, 2.24) is 79.7 Å². The van der Waals surface area contributed by atoms with Gasteiger partial charge in [0.05, 0.1) is 0 Å². The molecular formula is C64H36HoN16. The van der Waals surface area contributed by atoms with E-state index in [9.17, 15) is 0 Å². The summed E-state index contributed by atoms with van der Waals surface area (Å²) in [5.41, 5.74) is 12.9. The van der Waals surface area contributed by atoms with Crippen LogP contribution < -0.4 is 0 Å². The Hall–Kier alpha value is -10.3. The molecule has 1 radical (unpaired) electrons. The topological polar surface area (TPSA) is 218 Å². The molecule has 10 heterocycles. The first-order valence-corrected chi connectivity index (χ1v) is 26.0. The van der Waals surface area contributed by atoms with Gasteiger partial charge in [0, 0.05) is 125 Å². The average molecular weight is 1190 g/mol. The second-order valence-corrected chi connectivity index (χ2v) is 19.6. The van der Waals surface area contributed by atoms with Crippen LogP contribution in [0.5, 0.6) is 0 Å². The quantitative estimate of drug-likeness (QED) is 0.104. The molecule has 81 heavy (non-hydrogen) atoms. The van der Waals surface area contributed by atoms with Crippen molar-refractivity contribution in [1.29, 1.82) is 0 Å². The fraction of sp³-hybridized carbons (Fsp3) is 0. The maximum absolute atomic E-state index is 5.02. The van der Waals surface area contributed by atoms with Gasteiger partial charge < -0.3 is 19.9 Å². The van der Waals surface area contributed by atoms with Gasteiger partial charge in [0.15, 0.2) is 46.6 Å². The molecule has 0 saturated carbocycles. The van der Waals surface area contributed by atoms with Crippen LogP contribution in [0, 0.1) is 37.7 Å². The summed E-state index contributed by atoms with van der Waals surface area (Å²) in [4.78, 5) is 73.5. The summed E-state index contributed by atoms with van der Waals surface area (Å²) in [7, 11) is 0. The van der Waals surface area contributed by atoms with Crippen LogP contribution in [0.3, 0.4) is 0 Å². The number of benzene rings is 8. The van der Waals surface area contributed by atoms with E-state index in [0.717, 1.165) is 87.6 Å². The molecule has 0 unspecified atom stereocenters. The van der Waals surface area contributed by atoms with Gasteiger partial charge in [-0.2, -0.15) is 0 Å². The number of aromatic nitrogens is 16. The maximum Gasteiger partial charge on any atom is 0.164 e. The van der Waals surface area contributed by atoms with E-state index in [1.807, 2.05) is 194 Å². The van der Waals surface area contributed by atoms with Gasteiger partial charge in [0.25, 0.3) is 0 Å². The zero-order chi connectivity index (χ0) is 52.4. The van der Waals surface area contributed by atoms with Crippen LogP contribution in [0.1, 0.15) is 0 Å². The van der Waals surface area contributed by atoms with Crippen molar-refractivity contribution in [2.24, 2.45) is 0 Å². The fourth-order valence-electron chi connectivity index (χ4n) is 11.2. The van der Waals surface area contributed by atoms with Gasteiger partial charge in [-0.05, 0) is 0 Å². The zero-order valence-corrected chi connectivity index (χ0v) is 44.1. The molecule has 383 valence electrons. The first kappa shape index (κ1) is 46.8. The van der Waals surface area contributed by atoms with Gasteiger partial charge in [0.2, 0.25) is 0 Å². The summed E-state index contributed by atoms with van der Waals surface area (Å²) < 4.78 is 0. The van der Waals surface area contributed by atoms with Crippen molar-refractivity contribution in [2.75, 3.05) is 0 Å². The molecule has 0 amide bonds. The minimum atomic E-state index is 0. The smallest absolute Gasteiger partial charge is 0.164 e. The molecule has 0 atom stereocenters.